The van der Waals surface area contributed by atoms with Gasteiger partial charge in [-0.15, -0.1) is 0 Å². The largest absolute Gasteiger partial charge is 0.384 e. The van der Waals surface area contributed by atoms with Gasteiger partial charge in [-0.2, -0.15) is 9.97 Å². The minimum absolute atomic E-state index is 0.0610. The normalized spacial score (nSPS) is 19.2. The molecule has 38 heavy (non-hydrogen) atoms. The Labute approximate surface area is 219 Å². The van der Waals surface area contributed by atoms with Gasteiger partial charge >= 0.3 is 0 Å². The second-order valence-corrected chi connectivity index (χ2v) is 9.72. The van der Waals surface area contributed by atoms with Gasteiger partial charge in [0.2, 0.25) is 11.9 Å². The van der Waals surface area contributed by atoms with E-state index in [1.54, 1.807) is 44.4 Å². The first-order valence-corrected chi connectivity index (χ1v) is 13.0. The minimum Gasteiger partial charge on any atom is -0.384 e. The molecule has 2 saturated heterocycles. The van der Waals surface area contributed by atoms with E-state index in [1.165, 1.54) is 4.57 Å². The van der Waals surface area contributed by atoms with Crippen LogP contribution in [0.3, 0.4) is 0 Å². The summed E-state index contributed by atoms with van der Waals surface area (Å²) in [6.45, 7) is 5.97. The third kappa shape index (κ3) is 5.56. The number of hydrogen-bond acceptors (Lipinski definition) is 8. The summed E-state index contributed by atoms with van der Waals surface area (Å²) in [7, 11) is 1.67. The van der Waals surface area contributed by atoms with E-state index in [4.69, 9.17) is 9.47 Å². The summed E-state index contributed by atoms with van der Waals surface area (Å²) in [4.78, 5) is 30.6. The van der Waals surface area contributed by atoms with Crippen LogP contribution in [0.5, 0.6) is 0 Å². The molecular weight excluding hydrogens is 496 g/mol. The van der Waals surface area contributed by atoms with Gasteiger partial charge in [0.25, 0.3) is 6.43 Å². The number of halogens is 2. The number of piperidine rings is 1. The molecular formula is C26H33F2N7O3. The molecule has 204 valence electrons. The number of para-hydroxylation sites is 2. The highest BCUT2D eigenvalue weighted by molar-refractivity contribution is 5.84. The lowest BCUT2D eigenvalue weighted by molar-refractivity contribution is -0.133. The fraction of sp³-hybridized carbons (Fsp3) is 0.538. The third-order valence-corrected chi connectivity index (χ3v) is 6.99. The predicted octanol–water partition coefficient (Wildman–Crippen LogP) is 3.28. The number of nitrogens with zero attached hydrogens (tertiary/aromatic N) is 6. The molecule has 2 fully saturated rings. The van der Waals surface area contributed by atoms with Gasteiger partial charge < -0.3 is 24.6 Å². The van der Waals surface area contributed by atoms with Crippen molar-refractivity contribution in [2.75, 3.05) is 63.3 Å². The van der Waals surface area contributed by atoms with E-state index in [9.17, 15) is 13.6 Å². The molecule has 1 aromatic carbocycles. The van der Waals surface area contributed by atoms with E-state index >= 15 is 0 Å². The number of imidazole rings is 1. The van der Waals surface area contributed by atoms with Gasteiger partial charge in [-0.3, -0.25) is 9.36 Å². The number of methoxy groups -OCH3 is 1. The lowest BCUT2D eigenvalue weighted by Crippen LogP contribution is -2.47. The van der Waals surface area contributed by atoms with Crippen LogP contribution < -0.4 is 10.2 Å². The van der Waals surface area contributed by atoms with E-state index < -0.39 is 18.3 Å². The molecule has 0 spiro atoms. The summed E-state index contributed by atoms with van der Waals surface area (Å²) in [5, 5.41) is 3.14. The Morgan fingerprint density at radius 3 is 2.68 bits per heavy atom. The van der Waals surface area contributed by atoms with Crippen molar-refractivity contribution in [3.05, 3.63) is 36.2 Å². The van der Waals surface area contributed by atoms with Gasteiger partial charge in [-0.1, -0.05) is 12.1 Å². The van der Waals surface area contributed by atoms with Crippen molar-refractivity contribution in [2.24, 2.45) is 5.92 Å². The molecule has 4 heterocycles. The van der Waals surface area contributed by atoms with Crippen molar-refractivity contribution in [3.8, 4) is 5.82 Å². The van der Waals surface area contributed by atoms with E-state index in [2.05, 4.69) is 20.3 Å². The van der Waals surface area contributed by atoms with Gasteiger partial charge in [-0.05, 0) is 37.8 Å². The summed E-state index contributed by atoms with van der Waals surface area (Å²) >= 11 is 0. The Morgan fingerprint density at radius 1 is 1.16 bits per heavy atom. The molecule has 2 aliphatic rings. The topological polar surface area (TPSA) is 97.6 Å². The van der Waals surface area contributed by atoms with Crippen molar-refractivity contribution < 1.29 is 23.0 Å². The van der Waals surface area contributed by atoms with Crippen molar-refractivity contribution in [2.45, 2.75) is 32.2 Å². The molecule has 10 nitrogen and oxygen atoms in total. The average Bonchev–Trinajstić information content (AvgIpc) is 3.33. The Kier molecular flexibility index (Phi) is 7.98. The Balaban J connectivity index is 1.48. The van der Waals surface area contributed by atoms with E-state index in [-0.39, 0.29) is 17.7 Å². The number of ether oxygens (including phenoxy) is 2. The summed E-state index contributed by atoms with van der Waals surface area (Å²) < 4.78 is 40.3. The number of benzene rings is 1. The summed E-state index contributed by atoms with van der Waals surface area (Å²) in [6.07, 6.45) is -0.858. The zero-order valence-corrected chi connectivity index (χ0v) is 21.6. The van der Waals surface area contributed by atoms with E-state index in [0.717, 1.165) is 12.8 Å². The molecule has 2 aliphatic heterocycles. The maximum Gasteiger partial charge on any atom is 0.296 e. The van der Waals surface area contributed by atoms with Crippen LogP contribution in [0.25, 0.3) is 16.9 Å². The maximum absolute atomic E-state index is 14.1. The van der Waals surface area contributed by atoms with E-state index in [1.807, 2.05) is 9.80 Å². The van der Waals surface area contributed by atoms with Crippen LogP contribution in [0.15, 0.2) is 30.3 Å². The fourth-order valence-electron chi connectivity index (χ4n) is 5.15. The Morgan fingerprint density at radius 2 is 1.92 bits per heavy atom. The molecule has 5 rings (SSSR count). The molecule has 2 atom stereocenters. The number of fused-ring (bicyclic) bond motifs is 1. The van der Waals surface area contributed by atoms with Crippen molar-refractivity contribution >= 4 is 28.7 Å². The van der Waals surface area contributed by atoms with Crippen LogP contribution in [0.4, 0.5) is 20.5 Å². The van der Waals surface area contributed by atoms with Crippen molar-refractivity contribution in [1.82, 2.24) is 24.4 Å². The number of nitrogens with one attached hydrogen (secondary N) is 1. The number of carbonyl (C=O) groups excluding carboxylic acids is 1. The number of aromatic nitrogens is 4. The van der Waals surface area contributed by atoms with Crippen molar-refractivity contribution in [1.29, 1.82) is 0 Å². The number of alkyl halides is 2. The summed E-state index contributed by atoms with van der Waals surface area (Å²) in [5.41, 5.74) is 0.963. The third-order valence-electron chi connectivity index (χ3n) is 6.99. The number of morpholine rings is 1. The van der Waals surface area contributed by atoms with Gasteiger partial charge in [0, 0.05) is 39.4 Å². The minimum atomic E-state index is -2.81. The molecule has 0 saturated carbocycles. The van der Waals surface area contributed by atoms with Crippen LogP contribution in [0.1, 0.15) is 32.0 Å². The number of rotatable bonds is 8. The SMILES string of the molecule is COCC1CCCN(C(=O)[C@H](C)Nc2nc(N3CCOCC3)cc(-n3c(C(F)F)nc4ccccc43)n2)C1. The maximum atomic E-state index is 14.1. The van der Waals surface area contributed by atoms with Gasteiger partial charge in [0.05, 0.1) is 30.9 Å². The highest BCUT2D eigenvalue weighted by Crippen LogP contribution is 2.29. The lowest BCUT2D eigenvalue weighted by Gasteiger charge is -2.34. The number of carbonyl (C=O) groups is 1. The molecule has 1 unspecified atom stereocenters. The predicted molar refractivity (Wildman–Crippen MR) is 139 cm³/mol. The van der Waals surface area contributed by atoms with Gasteiger partial charge in [0.1, 0.15) is 17.7 Å². The van der Waals surface area contributed by atoms with Crippen LogP contribution in [0.2, 0.25) is 0 Å². The number of anilines is 2. The summed E-state index contributed by atoms with van der Waals surface area (Å²) in [5.74, 6) is 0.856. The van der Waals surface area contributed by atoms with Gasteiger partial charge in [0.15, 0.2) is 5.82 Å². The summed E-state index contributed by atoms with van der Waals surface area (Å²) in [6, 6.07) is 8.02. The molecule has 0 aliphatic carbocycles. The number of likely N-dealkylation sites (tertiary alicyclic amines) is 1. The van der Waals surface area contributed by atoms with Crippen molar-refractivity contribution in [3.63, 3.8) is 0 Å². The first-order valence-electron chi connectivity index (χ1n) is 13.0. The molecule has 1 N–H and O–H groups in total. The smallest absolute Gasteiger partial charge is 0.296 e. The second-order valence-electron chi connectivity index (χ2n) is 9.72. The second kappa shape index (κ2) is 11.6. The fourth-order valence-corrected chi connectivity index (χ4v) is 5.15. The van der Waals surface area contributed by atoms with Crippen LogP contribution in [0, 0.1) is 5.92 Å². The first kappa shape index (κ1) is 26.2. The quantitative estimate of drug-likeness (QED) is 0.475. The molecule has 12 heteroatoms. The monoisotopic (exact) mass is 529 g/mol. The molecule has 0 radical (unpaired) electrons. The molecule has 3 aromatic rings. The first-order chi connectivity index (χ1) is 18.4. The standard InChI is InChI=1S/C26H33F2N7O3/c1-17(25(36)34-9-5-6-18(15-34)16-37-2)29-26-31-21(33-10-12-38-13-11-33)14-22(32-26)35-20-8-4-3-7-19(20)30-24(35)23(27)28/h3-4,7-8,14,17-18,23H,5-6,9-13,15-16H2,1-2H3,(H,29,31,32)/t17-,18?/m0/s1. The lowest BCUT2D eigenvalue weighted by atomic mass is 9.98. The Bertz CT molecular complexity index is 1260. The average molecular weight is 530 g/mol. The molecule has 2 aromatic heterocycles. The number of hydrogen-bond donors (Lipinski definition) is 1. The van der Waals surface area contributed by atoms with E-state index in [0.29, 0.717) is 68.8 Å². The Hall–Kier alpha value is -3.38. The zero-order chi connectivity index (χ0) is 26.6. The van der Waals surface area contributed by atoms with Crippen LogP contribution in [-0.2, 0) is 14.3 Å². The zero-order valence-electron chi connectivity index (χ0n) is 21.6. The number of amides is 1. The van der Waals surface area contributed by atoms with Gasteiger partial charge in [-0.25, -0.2) is 13.8 Å². The molecule has 0 bridgehead atoms. The highest BCUT2D eigenvalue weighted by atomic mass is 19.3. The van der Waals surface area contributed by atoms with Crippen LogP contribution in [-0.4, -0.2) is 89.5 Å². The highest BCUT2D eigenvalue weighted by Gasteiger charge is 2.28. The van der Waals surface area contributed by atoms with Crippen LogP contribution >= 0.6 is 0 Å². The molecule has 1 amide bonds.